The summed E-state index contributed by atoms with van der Waals surface area (Å²) >= 11 is 5.62. The number of esters is 1. The van der Waals surface area contributed by atoms with Crippen LogP contribution in [0.2, 0.25) is 0 Å². The summed E-state index contributed by atoms with van der Waals surface area (Å²) in [4.78, 5) is 23.4. The first kappa shape index (κ1) is 26.5. The average Bonchev–Trinajstić information content (AvgIpc) is 2.78. The van der Waals surface area contributed by atoms with E-state index in [-0.39, 0.29) is 13.2 Å². The molecule has 0 heterocycles. The molecule has 0 amide bonds. The molecule has 1 aromatic carbocycles. The molecule has 1 aromatic rings. The maximum atomic E-state index is 11.8. The van der Waals surface area contributed by atoms with E-state index in [4.69, 9.17) is 35.3 Å². The lowest BCUT2D eigenvalue weighted by atomic mass is 10.1. The molecule has 0 spiro atoms. The molecule has 0 aliphatic heterocycles. The van der Waals surface area contributed by atoms with Crippen LogP contribution in [-0.2, 0) is 28.5 Å². The van der Waals surface area contributed by atoms with Gasteiger partial charge in [0.05, 0.1) is 46.2 Å². The zero-order valence-electron chi connectivity index (χ0n) is 17.5. The summed E-state index contributed by atoms with van der Waals surface area (Å²) < 4.78 is 26.5. The van der Waals surface area contributed by atoms with Gasteiger partial charge in [-0.2, -0.15) is 0 Å². The molecule has 0 bridgehead atoms. The smallest absolute Gasteiger partial charge is 0.379 e. The lowest BCUT2D eigenvalue weighted by Gasteiger charge is -2.08. The highest BCUT2D eigenvalue weighted by Crippen LogP contribution is 2.02. The van der Waals surface area contributed by atoms with E-state index in [1.54, 1.807) is 30.3 Å². The average molecular weight is 445 g/mol. The van der Waals surface area contributed by atoms with Gasteiger partial charge in [-0.15, -0.1) is 11.6 Å². The van der Waals surface area contributed by atoms with Gasteiger partial charge in [0, 0.05) is 18.1 Å². The van der Waals surface area contributed by atoms with Crippen LogP contribution in [0.3, 0.4) is 0 Å². The molecule has 0 atom stereocenters. The van der Waals surface area contributed by atoms with Crippen molar-refractivity contribution in [3.63, 3.8) is 0 Å². The summed E-state index contributed by atoms with van der Waals surface area (Å²) in [7, 11) is 0. The third-order valence-electron chi connectivity index (χ3n) is 3.97. The van der Waals surface area contributed by atoms with E-state index in [0.29, 0.717) is 45.2 Å². The predicted octanol–water partition coefficient (Wildman–Crippen LogP) is 3.28. The number of unbranched alkanes of at least 4 members (excludes halogenated alkanes) is 3. The Labute approximate surface area is 183 Å². The number of carbonyl (C=O) groups is 2. The largest absolute Gasteiger partial charge is 0.457 e. The summed E-state index contributed by atoms with van der Waals surface area (Å²) in [5.41, 5.74) is 0.309. The van der Waals surface area contributed by atoms with Gasteiger partial charge >= 0.3 is 5.97 Å². The Hall–Kier alpha value is -1.51. The zero-order valence-corrected chi connectivity index (χ0v) is 18.3. The van der Waals surface area contributed by atoms with E-state index in [9.17, 15) is 9.59 Å². The topological polar surface area (TPSA) is 80.3 Å². The second-order valence-corrected chi connectivity index (χ2v) is 6.76. The molecule has 0 saturated carbocycles. The van der Waals surface area contributed by atoms with Crippen LogP contribution in [0.15, 0.2) is 30.3 Å². The van der Waals surface area contributed by atoms with Gasteiger partial charge in [-0.1, -0.05) is 43.2 Å². The summed E-state index contributed by atoms with van der Waals surface area (Å²) in [6, 6.07) is 8.29. The monoisotopic (exact) mass is 444 g/mol. The van der Waals surface area contributed by atoms with Gasteiger partial charge in [0.25, 0.3) is 5.78 Å². The van der Waals surface area contributed by atoms with Crippen molar-refractivity contribution in [3.05, 3.63) is 35.9 Å². The fourth-order valence-electron chi connectivity index (χ4n) is 2.38. The van der Waals surface area contributed by atoms with Crippen LogP contribution in [0.25, 0.3) is 0 Å². The van der Waals surface area contributed by atoms with E-state index < -0.39 is 11.8 Å². The van der Waals surface area contributed by atoms with Crippen LogP contribution < -0.4 is 0 Å². The molecule has 0 aliphatic rings. The Balaban J connectivity index is 1.79. The van der Waals surface area contributed by atoms with Crippen LogP contribution in [0, 0.1) is 0 Å². The highest BCUT2D eigenvalue weighted by atomic mass is 35.5. The molecular weight excluding hydrogens is 412 g/mol. The van der Waals surface area contributed by atoms with Crippen molar-refractivity contribution < 1.29 is 33.3 Å². The molecule has 0 aromatic heterocycles. The number of alkyl halides is 1. The first-order valence-electron chi connectivity index (χ1n) is 10.4. The third-order valence-corrected chi connectivity index (χ3v) is 4.24. The van der Waals surface area contributed by atoms with E-state index in [2.05, 4.69) is 0 Å². The van der Waals surface area contributed by atoms with Crippen LogP contribution in [0.5, 0.6) is 0 Å². The van der Waals surface area contributed by atoms with Gasteiger partial charge in [-0.3, -0.25) is 4.79 Å². The summed E-state index contributed by atoms with van der Waals surface area (Å²) in [6.45, 7) is 3.88. The third kappa shape index (κ3) is 14.5. The molecule has 30 heavy (non-hydrogen) atoms. The van der Waals surface area contributed by atoms with Crippen LogP contribution in [0.4, 0.5) is 0 Å². The van der Waals surface area contributed by atoms with Crippen molar-refractivity contribution >= 4 is 23.4 Å². The van der Waals surface area contributed by atoms with E-state index in [0.717, 1.165) is 38.2 Å². The Morgan fingerprint density at radius 2 is 1.13 bits per heavy atom. The van der Waals surface area contributed by atoms with Crippen molar-refractivity contribution in [2.45, 2.75) is 25.7 Å². The molecule has 0 aliphatic carbocycles. The molecule has 170 valence electrons. The minimum atomic E-state index is -0.881. The summed E-state index contributed by atoms with van der Waals surface area (Å²) in [5.74, 6) is -0.810. The van der Waals surface area contributed by atoms with Crippen LogP contribution in [-0.4, -0.2) is 77.1 Å². The number of halogens is 1. The number of rotatable bonds is 20. The van der Waals surface area contributed by atoms with Gasteiger partial charge in [0.2, 0.25) is 0 Å². The van der Waals surface area contributed by atoms with Gasteiger partial charge in [-0.25, -0.2) is 4.79 Å². The van der Waals surface area contributed by atoms with E-state index in [1.807, 2.05) is 0 Å². The van der Waals surface area contributed by atoms with Gasteiger partial charge in [0.1, 0.15) is 6.61 Å². The zero-order chi connectivity index (χ0) is 21.7. The number of hydrogen-bond acceptors (Lipinski definition) is 7. The molecule has 7 nitrogen and oxygen atoms in total. The lowest BCUT2D eigenvalue weighted by Crippen LogP contribution is -2.20. The SMILES string of the molecule is O=C(OCCOCCOCCOCCOCCCCCCCl)C(=O)c1ccccc1. The van der Waals surface area contributed by atoms with Gasteiger partial charge in [-0.05, 0) is 12.8 Å². The van der Waals surface area contributed by atoms with Crippen molar-refractivity contribution in [2.75, 3.05) is 65.3 Å². The van der Waals surface area contributed by atoms with E-state index >= 15 is 0 Å². The highest BCUT2D eigenvalue weighted by Gasteiger charge is 2.16. The molecule has 0 saturated heterocycles. The van der Waals surface area contributed by atoms with Crippen LogP contribution in [0.1, 0.15) is 36.0 Å². The van der Waals surface area contributed by atoms with Gasteiger partial charge < -0.3 is 23.7 Å². The Bertz CT molecular complexity index is 554. The lowest BCUT2D eigenvalue weighted by molar-refractivity contribution is -0.139. The second kappa shape index (κ2) is 19.5. The maximum Gasteiger partial charge on any atom is 0.379 e. The predicted molar refractivity (Wildman–Crippen MR) is 114 cm³/mol. The molecule has 0 fully saturated rings. The number of hydrogen-bond donors (Lipinski definition) is 0. The Morgan fingerprint density at radius 1 is 0.633 bits per heavy atom. The fourth-order valence-corrected chi connectivity index (χ4v) is 2.57. The number of benzene rings is 1. The standard InChI is InChI=1S/C22H33ClO7/c23-10-6-1-2-7-11-26-12-13-27-14-15-28-16-17-29-18-19-30-22(25)21(24)20-8-4-3-5-9-20/h3-5,8-9H,1-2,6-7,10-19H2. The maximum absolute atomic E-state index is 11.8. The molecule has 0 N–H and O–H groups in total. The normalized spacial score (nSPS) is 10.8. The highest BCUT2D eigenvalue weighted by molar-refractivity contribution is 6.40. The van der Waals surface area contributed by atoms with E-state index in [1.165, 1.54) is 0 Å². The molecule has 0 radical (unpaired) electrons. The van der Waals surface area contributed by atoms with Crippen LogP contribution >= 0.6 is 11.6 Å². The molecular formula is C22H33ClO7. The number of Topliss-reactive ketones (excluding diaryl/α,β-unsaturated/α-hetero) is 1. The second-order valence-electron chi connectivity index (χ2n) is 6.38. The van der Waals surface area contributed by atoms with Gasteiger partial charge in [0.15, 0.2) is 0 Å². The quantitative estimate of drug-likeness (QED) is 0.100. The number of ether oxygens (including phenoxy) is 5. The first-order chi connectivity index (χ1) is 14.8. The van der Waals surface area contributed by atoms with Crippen molar-refractivity contribution in [1.29, 1.82) is 0 Å². The number of carbonyl (C=O) groups excluding carboxylic acids is 2. The van der Waals surface area contributed by atoms with Crippen molar-refractivity contribution in [3.8, 4) is 0 Å². The Morgan fingerprint density at radius 3 is 1.70 bits per heavy atom. The Kier molecular flexibility index (Phi) is 17.2. The molecule has 8 heteroatoms. The minimum absolute atomic E-state index is 0.0211. The minimum Gasteiger partial charge on any atom is -0.457 e. The van der Waals surface area contributed by atoms with Crippen molar-refractivity contribution in [1.82, 2.24) is 0 Å². The number of ketones is 1. The molecule has 0 unspecified atom stereocenters. The summed E-state index contributed by atoms with van der Waals surface area (Å²) in [6.07, 6.45) is 4.43. The fraction of sp³-hybridized carbons (Fsp3) is 0.636. The summed E-state index contributed by atoms with van der Waals surface area (Å²) in [5, 5.41) is 0. The van der Waals surface area contributed by atoms with Crippen molar-refractivity contribution in [2.24, 2.45) is 0 Å². The first-order valence-corrected chi connectivity index (χ1v) is 10.9. The molecule has 1 rings (SSSR count).